The van der Waals surface area contributed by atoms with E-state index in [0.29, 0.717) is 17.3 Å². The molecule has 9 heteroatoms. The number of piperidine rings is 1. The van der Waals surface area contributed by atoms with E-state index in [2.05, 4.69) is 15.0 Å². The molecule has 26 heavy (non-hydrogen) atoms. The van der Waals surface area contributed by atoms with Crippen LogP contribution in [0.2, 0.25) is 0 Å². The molecular weight excluding hydrogens is 378 g/mol. The molecule has 1 aliphatic heterocycles. The number of pyridine rings is 1. The van der Waals surface area contributed by atoms with Crippen LogP contribution < -0.4 is 10.0 Å². The van der Waals surface area contributed by atoms with Crippen molar-refractivity contribution < 1.29 is 17.9 Å². The molecule has 0 aliphatic carbocycles. The summed E-state index contributed by atoms with van der Waals surface area (Å²) in [6, 6.07) is 6.23. The Balaban J connectivity index is 0.00000243. The Hall–Kier alpha value is -1.74. The summed E-state index contributed by atoms with van der Waals surface area (Å²) in [6.07, 6.45) is 2.33. The predicted molar refractivity (Wildman–Crippen MR) is 101 cm³/mol. The quantitative estimate of drug-likeness (QED) is 0.760. The van der Waals surface area contributed by atoms with Gasteiger partial charge in [-0.1, -0.05) is 19.1 Å². The monoisotopic (exact) mass is 399 g/mol. The van der Waals surface area contributed by atoms with Gasteiger partial charge in [0.2, 0.25) is 10.0 Å². The summed E-state index contributed by atoms with van der Waals surface area (Å²) in [5.41, 5.74) is 0.102. The SMILES string of the molecule is COC(=O)c1nccc2c(S(=O)(=O)NC3CNCCC3C)cccc12.Cl. The third kappa shape index (κ3) is 3.98. The molecule has 2 N–H and O–H groups in total. The fourth-order valence-electron chi connectivity index (χ4n) is 3.08. The van der Waals surface area contributed by atoms with Gasteiger partial charge in [-0.2, -0.15) is 0 Å². The van der Waals surface area contributed by atoms with Gasteiger partial charge in [0.05, 0.1) is 12.0 Å². The lowest BCUT2D eigenvalue weighted by Gasteiger charge is -2.30. The molecule has 1 saturated heterocycles. The molecule has 2 unspecified atom stereocenters. The lowest BCUT2D eigenvalue weighted by Crippen LogP contribution is -2.50. The number of carbonyl (C=O) groups is 1. The average molecular weight is 400 g/mol. The maximum atomic E-state index is 12.9. The maximum Gasteiger partial charge on any atom is 0.357 e. The number of ether oxygens (including phenoxy) is 1. The number of rotatable bonds is 4. The first kappa shape index (κ1) is 20.6. The van der Waals surface area contributed by atoms with E-state index in [1.165, 1.54) is 19.4 Å². The highest BCUT2D eigenvalue weighted by Crippen LogP contribution is 2.26. The summed E-state index contributed by atoms with van der Waals surface area (Å²) in [7, 11) is -2.47. The zero-order valence-corrected chi connectivity index (χ0v) is 16.2. The van der Waals surface area contributed by atoms with Gasteiger partial charge < -0.3 is 10.1 Å². The van der Waals surface area contributed by atoms with Crippen molar-refractivity contribution in [1.29, 1.82) is 0 Å². The van der Waals surface area contributed by atoms with Gasteiger partial charge in [0, 0.05) is 29.6 Å². The highest BCUT2D eigenvalue weighted by atomic mass is 35.5. The average Bonchev–Trinajstić information content (AvgIpc) is 2.61. The van der Waals surface area contributed by atoms with E-state index in [-0.39, 0.29) is 35.0 Å². The van der Waals surface area contributed by atoms with Gasteiger partial charge in [-0.25, -0.2) is 22.9 Å². The molecule has 1 fully saturated rings. The van der Waals surface area contributed by atoms with E-state index in [4.69, 9.17) is 4.74 Å². The number of halogens is 1. The number of methoxy groups -OCH3 is 1. The lowest BCUT2D eigenvalue weighted by atomic mass is 9.96. The first-order chi connectivity index (χ1) is 11.9. The second-order valence-corrected chi connectivity index (χ2v) is 7.88. The Morgan fingerprint density at radius 1 is 1.31 bits per heavy atom. The third-order valence-corrected chi connectivity index (χ3v) is 6.12. The van der Waals surface area contributed by atoms with Crippen molar-refractivity contribution in [3.8, 4) is 0 Å². The molecule has 0 radical (unpaired) electrons. The van der Waals surface area contributed by atoms with Crippen molar-refractivity contribution >= 4 is 39.2 Å². The van der Waals surface area contributed by atoms with Crippen LogP contribution in [0.1, 0.15) is 23.8 Å². The van der Waals surface area contributed by atoms with E-state index in [1.54, 1.807) is 18.2 Å². The molecule has 1 aromatic heterocycles. The number of carbonyl (C=O) groups excluding carboxylic acids is 1. The van der Waals surface area contributed by atoms with E-state index in [1.807, 2.05) is 6.92 Å². The van der Waals surface area contributed by atoms with Crippen molar-refractivity contribution in [3.05, 3.63) is 36.2 Å². The zero-order chi connectivity index (χ0) is 18.0. The second kappa shape index (κ2) is 8.30. The van der Waals surface area contributed by atoms with Crippen molar-refractivity contribution in [2.45, 2.75) is 24.3 Å². The van der Waals surface area contributed by atoms with Crippen LogP contribution in [-0.2, 0) is 14.8 Å². The lowest BCUT2D eigenvalue weighted by molar-refractivity contribution is 0.0596. The summed E-state index contributed by atoms with van der Waals surface area (Å²) in [4.78, 5) is 16.1. The Labute approximate surface area is 159 Å². The number of nitrogens with zero attached hydrogens (tertiary/aromatic N) is 1. The minimum Gasteiger partial charge on any atom is -0.464 e. The maximum absolute atomic E-state index is 12.9. The number of nitrogens with one attached hydrogen (secondary N) is 2. The fraction of sp³-hybridized carbons (Fsp3) is 0.412. The molecule has 2 heterocycles. The molecule has 1 aromatic carbocycles. The number of fused-ring (bicyclic) bond motifs is 1. The highest BCUT2D eigenvalue weighted by Gasteiger charge is 2.28. The number of esters is 1. The Morgan fingerprint density at radius 3 is 2.77 bits per heavy atom. The van der Waals surface area contributed by atoms with Crippen LogP contribution in [0.5, 0.6) is 0 Å². The largest absolute Gasteiger partial charge is 0.464 e. The van der Waals surface area contributed by atoms with Gasteiger partial charge in [-0.3, -0.25) is 0 Å². The smallest absolute Gasteiger partial charge is 0.357 e. The van der Waals surface area contributed by atoms with E-state index >= 15 is 0 Å². The van der Waals surface area contributed by atoms with Crippen molar-refractivity contribution in [2.24, 2.45) is 5.92 Å². The fourth-order valence-corrected chi connectivity index (χ4v) is 4.65. The van der Waals surface area contributed by atoms with Crippen LogP contribution in [0, 0.1) is 5.92 Å². The van der Waals surface area contributed by atoms with Crippen LogP contribution in [0.3, 0.4) is 0 Å². The van der Waals surface area contributed by atoms with E-state index in [9.17, 15) is 13.2 Å². The molecule has 0 amide bonds. The molecule has 0 saturated carbocycles. The predicted octanol–water partition coefficient (Wildman–Crippen LogP) is 1.72. The van der Waals surface area contributed by atoms with Crippen molar-refractivity contribution in [1.82, 2.24) is 15.0 Å². The molecule has 3 rings (SSSR count). The number of benzene rings is 1. The molecule has 7 nitrogen and oxygen atoms in total. The van der Waals surface area contributed by atoms with Crippen LogP contribution in [0.25, 0.3) is 10.8 Å². The molecular formula is C17H22ClN3O4S. The zero-order valence-electron chi connectivity index (χ0n) is 14.6. The van der Waals surface area contributed by atoms with Crippen molar-refractivity contribution in [3.63, 3.8) is 0 Å². The molecule has 0 bridgehead atoms. The minimum atomic E-state index is -3.74. The number of sulfonamides is 1. The third-order valence-electron chi connectivity index (χ3n) is 4.57. The standard InChI is InChI=1S/C17H21N3O4S.ClH/c1-11-6-8-18-10-14(11)20-25(22,23)15-5-3-4-13-12(15)7-9-19-16(13)17(21)24-2;/h3-5,7,9,11,14,18,20H,6,8,10H2,1-2H3;1H. The van der Waals surface area contributed by atoms with Gasteiger partial charge in [0.1, 0.15) is 0 Å². The van der Waals surface area contributed by atoms with Crippen LogP contribution in [-0.4, -0.2) is 45.6 Å². The van der Waals surface area contributed by atoms with Gasteiger partial charge in [0.25, 0.3) is 0 Å². The summed E-state index contributed by atoms with van der Waals surface area (Å²) < 4.78 is 33.4. The molecule has 0 spiro atoms. The topological polar surface area (TPSA) is 97.4 Å². The number of hydrogen-bond donors (Lipinski definition) is 2. The molecule has 1 aliphatic rings. The summed E-state index contributed by atoms with van der Waals surface area (Å²) >= 11 is 0. The van der Waals surface area contributed by atoms with Gasteiger partial charge >= 0.3 is 5.97 Å². The van der Waals surface area contributed by atoms with Crippen LogP contribution in [0.4, 0.5) is 0 Å². The second-order valence-electron chi connectivity index (χ2n) is 6.20. The Bertz CT molecular complexity index is 904. The van der Waals surface area contributed by atoms with Crippen LogP contribution in [0.15, 0.2) is 35.4 Å². The van der Waals surface area contributed by atoms with E-state index < -0.39 is 16.0 Å². The highest BCUT2D eigenvalue weighted by molar-refractivity contribution is 7.89. The molecule has 142 valence electrons. The summed E-state index contributed by atoms with van der Waals surface area (Å²) in [6.45, 7) is 3.53. The first-order valence-electron chi connectivity index (χ1n) is 8.13. The van der Waals surface area contributed by atoms with Crippen molar-refractivity contribution in [2.75, 3.05) is 20.2 Å². The molecule has 2 atom stereocenters. The van der Waals surface area contributed by atoms with Gasteiger partial charge in [0.15, 0.2) is 5.69 Å². The summed E-state index contributed by atoms with van der Waals surface area (Å²) in [5, 5.41) is 4.11. The van der Waals surface area contributed by atoms with Crippen LogP contribution >= 0.6 is 12.4 Å². The van der Waals surface area contributed by atoms with Gasteiger partial charge in [-0.15, -0.1) is 12.4 Å². The number of aromatic nitrogens is 1. The number of hydrogen-bond acceptors (Lipinski definition) is 6. The van der Waals surface area contributed by atoms with E-state index in [0.717, 1.165) is 13.0 Å². The Kier molecular flexibility index (Phi) is 6.57. The first-order valence-corrected chi connectivity index (χ1v) is 9.61. The normalized spacial score (nSPS) is 20.4. The molecule has 2 aromatic rings. The van der Waals surface area contributed by atoms with Gasteiger partial charge in [-0.05, 0) is 31.0 Å². The minimum absolute atomic E-state index is 0. The Morgan fingerprint density at radius 2 is 2.08 bits per heavy atom. The summed E-state index contributed by atoms with van der Waals surface area (Å²) in [5.74, 6) is -0.350.